The van der Waals surface area contributed by atoms with Gasteiger partial charge in [0.05, 0.1) is 7.11 Å². The van der Waals surface area contributed by atoms with E-state index in [2.05, 4.69) is 4.74 Å². The molecule has 0 fully saturated rings. The summed E-state index contributed by atoms with van der Waals surface area (Å²) in [5.41, 5.74) is 0. The summed E-state index contributed by atoms with van der Waals surface area (Å²) in [6.07, 6.45) is -0.995. The molecule has 0 radical (unpaired) electrons. The number of rotatable bonds is 1. The third kappa shape index (κ3) is 4.59. The molecule has 0 saturated carbocycles. The summed E-state index contributed by atoms with van der Waals surface area (Å²) in [6.45, 7) is 1.35. The molecule has 1 atom stereocenters. The van der Waals surface area contributed by atoms with E-state index in [1.807, 2.05) is 0 Å². The van der Waals surface area contributed by atoms with Crippen molar-refractivity contribution in [1.29, 1.82) is 0 Å². The van der Waals surface area contributed by atoms with Gasteiger partial charge in [-0.05, 0) is 6.92 Å². The van der Waals surface area contributed by atoms with E-state index in [4.69, 9.17) is 5.11 Å². The molecule has 0 aliphatic rings. The van der Waals surface area contributed by atoms with Crippen LogP contribution in [-0.2, 0) is 9.53 Å². The predicted octanol–water partition coefficient (Wildman–Crippen LogP) is -3.34. The van der Waals surface area contributed by atoms with Crippen LogP contribution in [0.25, 0.3) is 0 Å². The summed E-state index contributed by atoms with van der Waals surface area (Å²) < 4.78 is 4.12. The second kappa shape index (κ2) is 5.56. The minimum atomic E-state index is -0.995. The summed E-state index contributed by atoms with van der Waals surface area (Å²) in [7, 11) is 1.23. The molecule has 0 aliphatic carbocycles. The Morgan fingerprint density at radius 2 is 2.25 bits per heavy atom. The van der Waals surface area contributed by atoms with E-state index in [9.17, 15) is 4.79 Å². The first-order valence-electron chi connectivity index (χ1n) is 1.94. The third-order valence-electron chi connectivity index (χ3n) is 0.542. The molecule has 3 nitrogen and oxygen atoms in total. The summed E-state index contributed by atoms with van der Waals surface area (Å²) in [5, 5.41) is 8.35. The van der Waals surface area contributed by atoms with E-state index in [0.717, 1.165) is 0 Å². The number of hydrogen-bond donors (Lipinski definition) is 1. The molecule has 0 aromatic carbocycles. The second-order valence-electron chi connectivity index (χ2n) is 1.20. The number of ether oxygens (including phenoxy) is 1. The van der Waals surface area contributed by atoms with Crippen molar-refractivity contribution in [3.8, 4) is 0 Å². The normalized spacial score (nSPS) is 11.4. The molecule has 44 valence electrons. The molecule has 0 amide bonds. The molecule has 0 heterocycles. The average Bonchev–Trinajstić information content (AvgIpc) is 1.65. The van der Waals surface area contributed by atoms with Crippen molar-refractivity contribution in [3.63, 3.8) is 0 Å². The number of aliphatic hydroxyl groups is 1. The van der Waals surface area contributed by atoms with Gasteiger partial charge in [0.2, 0.25) is 0 Å². The zero-order valence-electron chi connectivity index (χ0n) is 6.34. The van der Waals surface area contributed by atoms with Crippen LogP contribution in [0.5, 0.6) is 0 Å². The van der Waals surface area contributed by atoms with Crippen molar-refractivity contribution in [2.45, 2.75) is 13.0 Å². The first-order chi connectivity index (χ1) is 3.18. The SMILES string of the molecule is COC(=O)C(C)O.[H-].[Na+]. The van der Waals surface area contributed by atoms with Crippen LogP contribution in [0.2, 0.25) is 0 Å². The van der Waals surface area contributed by atoms with Gasteiger partial charge in [-0.1, -0.05) is 0 Å². The van der Waals surface area contributed by atoms with Gasteiger partial charge >= 0.3 is 35.5 Å². The largest absolute Gasteiger partial charge is 1.00 e. The van der Waals surface area contributed by atoms with Crippen LogP contribution < -0.4 is 29.6 Å². The topological polar surface area (TPSA) is 46.5 Å². The van der Waals surface area contributed by atoms with Gasteiger partial charge in [-0.2, -0.15) is 0 Å². The van der Waals surface area contributed by atoms with E-state index in [1.54, 1.807) is 0 Å². The molecular weight excluding hydrogens is 119 g/mol. The molecule has 0 aliphatic heterocycles. The zero-order valence-corrected chi connectivity index (χ0v) is 7.34. The number of hydrogen-bond acceptors (Lipinski definition) is 3. The van der Waals surface area contributed by atoms with Crippen LogP contribution in [-0.4, -0.2) is 24.3 Å². The Labute approximate surface area is 71.8 Å². The van der Waals surface area contributed by atoms with Gasteiger partial charge in [0.25, 0.3) is 0 Å². The van der Waals surface area contributed by atoms with Crippen LogP contribution in [0.3, 0.4) is 0 Å². The van der Waals surface area contributed by atoms with E-state index in [1.165, 1.54) is 14.0 Å². The summed E-state index contributed by atoms with van der Waals surface area (Å²) in [4.78, 5) is 10.0. The second-order valence-corrected chi connectivity index (χ2v) is 1.20. The first-order valence-corrected chi connectivity index (χ1v) is 1.94. The van der Waals surface area contributed by atoms with Gasteiger partial charge in [-0.15, -0.1) is 0 Å². The van der Waals surface area contributed by atoms with E-state index in [-0.39, 0.29) is 31.0 Å². The number of esters is 1. The van der Waals surface area contributed by atoms with Crippen molar-refractivity contribution < 1.29 is 45.6 Å². The Kier molecular flexibility index (Phi) is 7.83. The van der Waals surface area contributed by atoms with Crippen molar-refractivity contribution in [2.24, 2.45) is 0 Å². The maximum absolute atomic E-state index is 10.0. The van der Waals surface area contributed by atoms with Crippen LogP contribution in [0.4, 0.5) is 0 Å². The van der Waals surface area contributed by atoms with Gasteiger partial charge in [-0.3, -0.25) is 0 Å². The first kappa shape index (κ1) is 11.3. The molecule has 0 bridgehead atoms. The number of aliphatic hydroxyl groups excluding tert-OH is 1. The molecule has 4 heteroatoms. The van der Waals surface area contributed by atoms with Crippen molar-refractivity contribution in [1.82, 2.24) is 0 Å². The Bertz CT molecular complexity index is 76.2. The molecule has 8 heavy (non-hydrogen) atoms. The van der Waals surface area contributed by atoms with Gasteiger partial charge in [0.1, 0.15) is 6.10 Å². The monoisotopic (exact) mass is 128 g/mol. The fraction of sp³-hybridized carbons (Fsp3) is 0.750. The van der Waals surface area contributed by atoms with Gasteiger partial charge in [0.15, 0.2) is 0 Å². The predicted molar refractivity (Wildman–Crippen MR) is 24.8 cm³/mol. The van der Waals surface area contributed by atoms with Crippen LogP contribution in [0.15, 0.2) is 0 Å². The molecule has 0 rings (SSSR count). The fourth-order valence-corrected chi connectivity index (χ4v) is 0.171. The minimum absolute atomic E-state index is 0. The zero-order chi connectivity index (χ0) is 5.86. The maximum atomic E-state index is 10.0. The minimum Gasteiger partial charge on any atom is -1.00 e. The van der Waals surface area contributed by atoms with Gasteiger partial charge < -0.3 is 11.3 Å². The molecule has 1 unspecified atom stereocenters. The fourth-order valence-electron chi connectivity index (χ4n) is 0.171. The van der Waals surface area contributed by atoms with Crippen molar-refractivity contribution >= 4 is 5.97 Å². The van der Waals surface area contributed by atoms with Gasteiger partial charge in [0, 0.05) is 0 Å². The quantitative estimate of drug-likeness (QED) is 0.296. The standard InChI is InChI=1S/C4H8O3.Na.H/c1-3(5)4(6)7-2;;/h3,5H,1-2H3;;/q;+1;-1. The van der Waals surface area contributed by atoms with Gasteiger partial charge in [-0.25, -0.2) is 4.79 Å². The van der Waals surface area contributed by atoms with Crippen molar-refractivity contribution in [2.75, 3.05) is 7.11 Å². The Morgan fingerprint density at radius 3 is 2.25 bits per heavy atom. The molecule has 1 N–H and O–H groups in total. The maximum Gasteiger partial charge on any atom is 1.00 e. The number of carbonyl (C=O) groups is 1. The molecular formula is C4H9NaO3. The van der Waals surface area contributed by atoms with E-state index >= 15 is 0 Å². The Balaban J connectivity index is -0.000000180. The number of methoxy groups -OCH3 is 1. The smallest absolute Gasteiger partial charge is 1.00 e. The van der Waals surface area contributed by atoms with Crippen LogP contribution in [0.1, 0.15) is 8.35 Å². The summed E-state index contributed by atoms with van der Waals surface area (Å²) >= 11 is 0. The Hall–Kier alpha value is 0.430. The van der Waals surface area contributed by atoms with E-state index < -0.39 is 12.1 Å². The van der Waals surface area contributed by atoms with Crippen molar-refractivity contribution in [3.05, 3.63) is 0 Å². The molecule has 0 saturated heterocycles. The van der Waals surface area contributed by atoms with Crippen LogP contribution >= 0.6 is 0 Å². The number of carbonyl (C=O) groups excluding carboxylic acids is 1. The van der Waals surface area contributed by atoms with E-state index in [0.29, 0.717) is 0 Å². The molecule has 0 spiro atoms. The summed E-state index contributed by atoms with van der Waals surface area (Å²) in [5.74, 6) is -0.597. The molecule has 0 aromatic rings. The van der Waals surface area contributed by atoms with Crippen LogP contribution in [0, 0.1) is 0 Å². The Morgan fingerprint density at radius 1 is 1.88 bits per heavy atom. The average molecular weight is 128 g/mol. The molecule has 0 aromatic heterocycles. The third-order valence-corrected chi connectivity index (χ3v) is 0.542. The summed E-state index contributed by atoms with van der Waals surface area (Å²) in [6, 6.07) is 0.